The van der Waals surface area contributed by atoms with E-state index < -0.39 is 6.09 Å². The minimum Gasteiger partial charge on any atom is -0.449 e. The van der Waals surface area contributed by atoms with Crippen molar-refractivity contribution < 1.29 is 23.9 Å². The molecule has 0 unspecified atom stereocenters. The monoisotopic (exact) mass is 361 g/mol. The summed E-state index contributed by atoms with van der Waals surface area (Å²) in [6.45, 7) is 4.26. The minimum absolute atomic E-state index is 0.0194. The maximum atomic E-state index is 12.0. The molecule has 26 heavy (non-hydrogen) atoms. The highest BCUT2D eigenvalue weighted by Gasteiger charge is 2.28. The predicted octanol–water partition coefficient (Wildman–Crippen LogP) is 2.37. The lowest BCUT2D eigenvalue weighted by atomic mass is 10.2. The zero-order valence-electron chi connectivity index (χ0n) is 14.9. The Morgan fingerprint density at radius 1 is 1.12 bits per heavy atom. The van der Waals surface area contributed by atoms with Crippen LogP contribution in [0.1, 0.15) is 33.1 Å². The maximum Gasteiger partial charge on any atom is 0.411 e. The third-order valence-electron chi connectivity index (χ3n) is 3.66. The Hall–Kier alpha value is -2.90. The summed E-state index contributed by atoms with van der Waals surface area (Å²) in [5, 5.41) is 5.27. The topological polar surface area (TPSA) is 105 Å². The molecule has 2 N–H and O–H groups in total. The lowest BCUT2D eigenvalue weighted by molar-refractivity contribution is -0.138. The molecule has 1 aliphatic heterocycles. The van der Waals surface area contributed by atoms with E-state index in [0.717, 1.165) is 4.90 Å². The summed E-state index contributed by atoms with van der Waals surface area (Å²) >= 11 is 0. The first kappa shape index (κ1) is 19.4. The summed E-state index contributed by atoms with van der Waals surface area (Å²) in [6, 6.07) is 6.63. The van der Waals surface area contributed by atoms with Gasteiger partial charge >= 0.3 is 6.09 Å². The number of benzene rings is 1. The molecule has 0 spiro atoms. The first-order valence-electron chi connectivity index (χ1n) is 8.52. The van der Waals surface area contributed by atoms with Crippen molar-refractivity contribution in [2.75, 3.05) is 23.8 Å². The van der Waals surface area contributed by atoms with Crippen LogP contribution in [0.5, 0.6) is 0 Å². The Bertz CT molecular complexity index is 686. The number of ether oxygens (including phenoxy) is 1. The van der Waals surface area contributed by atoms with Crippen LogP contribution in [0.3, 0.4) is 0 Å². The molecule has 8 heteroatoms. The standard InChI is InChI=1S/C18H23N3O5/c1-12(2)11-26-18(25)20-14-5-3-4-13(10-14)19-15(22)8-9-21-16(23)6-7-17(21)24/h3-5,10,12H,6-9,11H2,1-2H3,(H,19,22)(H,20,25). The molecule has 0 aromatic heterocycles. The maximum absolute atomic E-state index is 12.0. The van der Waals surface area contributed by atoms with Crippen LogP contribution < -0.4 is 10.6 Å². The molecular formula is C18H23N3O5. The summed E-state index contributed by atoms with van der Waals surface area (Å²) in [4.78, 5) is 47.8. The van der Waals surface area contributed by atoms with E-state index in [1.165, 1.54) is 0 Å². The number of nitrogens with zero attached hydrogens (tertiary/aromatic N) is 1. The van der Waals surface area contributed by atoms with Crippen LogP contribution in [-0.2, 0) is 19.1 Å². The lowest BCUT2D eigenvalue weighted by Gasteiger charge is -2.13. The number of carbonyl (C=O) groups is 4. The molecule has 140 valence electrons. The lowest BCUT2D eigenvalue weighted by Crippen LogP contribution is -2.32. The second kappa shape index (κ2) is 8.98. The van der Waals surface area contributed by atoms with Gasteiger partial charge in [-0.2, -0.15) is 0 Å². The minimum atomic E-state index is -0.562. The molecule has 1 aromatic rings. The summed E-state index contributed by atoms with van der Waals surface area (Å²) < 4.78 is 5.04. The zero-order chi connectivity index (χ0) is 19.1. The van der Waals surface area contributed by atoms with Gasteiger partial charge in [-0.25, -0.2) is 4.79 Å². The molecule has 0 aliphatic carbocycles. The van der Waals surface area contributed by atoms with Gasteiger partial charge in [0.2, 0.25) is 17.7 Å². The summed E-state index contributed by atoms with van der Waals surface area (Å²) in [7, 11) is 0. The van der Waals surface area contributed by atoms with Crippen molar-refractivity contribution in [3.8, 4) is 0 Å². The van der Waals surface area contributed by atoms with Gasteiger partial charge in [0.1, 0.15) is 0 Å². The normalized spacial score (nSPS) is 13.9. The molecule has 1 aromatic carbocycles. The fourth-order valence-electron chi connectivity index (χ4n) is 2.38. The van der Waals surface area contributed by atoms with Crippen molar-refractivity contribution in [1.82, 2.24) is 4.90 Å². The molecule has 1 heterocycles. The fourth-order valence-corrected chi connectivity index (χ4v) is 2.38. The van der Waals surface area contributed by atoms with Gasteiger partial charge in [0.15, 0.2) is 0 Å². The molecule has 8 nitrogen and oxygen atoms in total. The van der Waals surface area contributed by atoms with Crippen LogP contribution in [0.25, 0.3) is 0 Å². The largest absolute Gasteiger partial charge is 0.449 e. The zero-order valence-corrected chi connectivity index (χ0v) is 14.9. The number of hydrogen-bond donors (Lipinski definition) is 2. The van der Waals surface area contributed by atoms with Gasteiger partial charge < -0.3 is 10.1 Å². The Morgan fingerprint density at radius 3 is 2.35 bits per heavy atom. The number of amides is 4. The van der Waals surface area contributed by atoms with E-state index in [1.807, 2.05) is 13.8 Å². The van der Waals surface area contributed by atoms with Crippen molar-refractivity contribution in [2.24, 2.45) is 5.92 Å². The Balaban J connectivity index is 1.83. The van der Waals surface area contributed by atoms with Crippen molar-refractivity contribution >= 4 is 35.2 Å². The van der Waals surface area contributed by atoms with Gasteiger partial charge in [-0.15, -0.1) is 0 Å². The number of likely N-dealkylation sites (tertiary alicyclic amines) is 1. The van der Waals surface area contributed by atoms with Gasteiger partial charge in [-0.1, -0.05) is 19.9 Å². The van der Waals surface area contributed by atoms with Crippen LogP contribution in [0.4, 0.5) is 16.2 Å². The van der Waals surface area contributed by atoms with E-state index in [2.05, 4.69) is 10.6 Å². The summed E-state index contributed by atoms with van der Waals surface area (Å²) in [5.74, 6) is -0.569. The highest BCUT2D eigenvalue weighted by molar-refractivity contribution is 6.02. The summed E-state index contributed by atoms with van der Waals surface area (Å²) in [5.41, 5.74) is 0.984. The number of nitrogens with one attached hydrogen (secondary N) is 2. The van der Waals surface area contributed by atoms with Crippen molar-refractivity contribution in [3.05, 3.63) is 24.3 Å². The summed E-state index contributed by atoms with van der Waals surface area (Å²) in [6.07, 6.45) is -0.124. The Kier molecular flexibility index (Phi) is 6.71. The molecule has 2 rings (SSSR count). The van der Waals surface area contributed by atoms with Gasteiger partial charge in [0.05, 0.1) is 6.61 Å². The van der Waals surface area contributed by atoms with Crippen LogP contribution in [0.15, 0.2) is 24.3 Å². The Morgan fingerprint density at radius 2 is 1.73 bits per heavy atom. The second-order valence-electron chi connectivity index (χ2n) is 6.44. The average molecular weight is 361 g/mol. The third-order valence-corrected chi connectivity index (χ3v) is 3.66. The van der Waals surface area contributed by atoms with Crippen LogP contribution in [-0.4, -0.2) is 41.9 Å². The van der Waals surface area contributed by atoms with Gasteiger partial charge in [-0.3, -0.25) is 24.6 Å². The van der Waals surface area contributed by atoms with E-state index >= 15 is 0 Å². The molecule has 1 saturated heterocycles. The fraction of sp³-hybridized carbons (Fsp3) is 0.444. The van der Waals surface area contributed by atoms with Crippen molar-refractivity contribution in [3.63, 3.8) is 0 Å². The first-order chi connectivity index (χ1) is 12.3. The number of imide groups is 1. The molecule has 0 radical (unpaired) electrons. The van der Waals surface area contributed by atoms with Crippen LogP contribution in [0, 0.1) is 5.92 Å². The molecule has 0 bridgehead atoms. The Labute approximate surface area is 151 Å². The highest BCUT2D eigenvalue weighted by atomic mass is 16.5. The second-order valence-corrected chi connectivity index (χ2v) is 6.44. The van der Waals surface area contributed by atoms with E-state index in [4.69, 9.17) is 4.74 Å². The number of anilines is 2. The molecular weight excluding hydrogens is 338 g/mol. The molecule has 0 saturated carbocycles. The number of rotatable bonds is 7. The van der Waals surface area contributed by atoms with Crippen LogP contribution >= 0.6 is 0 Å². The first-order valence-corrected chi connectivity index (χ1v) is 8.52. The number of hydrogen-bond acceptors (Lipinski definition) is 5. The SMILES string of the molecule is CC(C)COC(=O)Nc1cccc(NC(=O)CCN2C(=O)CCC2=O)c1. The molecule has 4 amide bonds. The van der Waals surface area contributed by atoms with Crippen molar-refractivity contribution in [1.29, 1.82) is 0 Å². The third kappa shape index (κ3) is 5.87. The average Bonchev–Trinajstić information content (AvgIpc) is 2.90. The van der Waals surface area contributed by atoms with E-state index in [1.54, 1.807) is 24.3 Å². The van der Waals surface area contributed by atoms with E-state index in [-0.39, 0.29) is 49.4 Å². The van der Waals surface area contributed by atoms with Crippen molar-refractivity contribution in [2.45, 2.75) is 33.1 Å². The van der Waals surface area contributed by atoms with Gasteiger partial charge in [-0.05, 0) is 24.1 Å². The van der Waals surface area contributed by atoms with Gasteiger partial charge in [0, 0.05) is 37.2 Å². The quantitative estimate of drug-likeness (QED) is 0.726. The molecule has 0 atom stereocenters. The molecule has 1 aliphatic rings. The number of carbonyl (C=O) groups excluding carboxylic acids is 4. The highest BCUT2D eigenvalue weighted by Crippen LogP contribution is 2.16. The van der Waals surface area contributed by atoms with Gasteiger partial charge in [0.25, 0.3) is 0 Å². The van der Waals surface area contributed by atoms with E-state index in [9.17, 15) is 19.2 Å². The van der Waals surface area contributed by atoms with Crippen LogP contribution in [0.2, 0.25) is 0 Å². The molecule has 1 fully saturated rings. The predicted molar refractivity (Wildman–Crippen MR) is 95.5 cm³/mol. The smallest absolute Gasteiger partial charge is 0.411 e. The van der Waals surface area contributed by atoms with E-state index in [0.29, 0.717) is 18.0 Å².